The Bertz CT molecular complexity index is 402. The van der Waals surface area contributed by atoms with Crippen LogP contribution >= 0.6 is 0 Å². The number of carboxylic acid groups (broad SMARTS) is 1. The predicted molar refractivity (Wildman–Crippen MR) is 66.4 cm³/mol. The van der Waals surface area contributed by atoms with Gasteiger partial charge in [0, 0.05) is 6.54 Å². The Morgan fingerprint density at radius 2 is 2.06 bits per heavy atom. The number of ether oxygens (including phenoxy) is 1. The Kier molecular flexibility index (Phi) is 5.17. The normalized spacial score (nSPS) is 11.7. The number of carbonyl (C=O) groups excluding carboxylic acids is 1. The summed E-state index contributed by atoms with van der Waals surface area (Å²) in [7, 11) is 1.54. The molecule has 1 atom stereocenters. The van der Waals surface area contributed by atoms with Crippen molar-refractivity contribution in [2.45, 2.75) is 19.4 Å². The molecule has 1 rings (SSSR count). The molecule has 0 heterocycles. The van der Waals surface area contributed by atoms with Gasteiger partial charge in [0.25, 0.3) is 0 Å². The van der Waals surface area contributed by atoms with E-state index in [1.165, 1.54) is 4.90 Å². The maximum atomic E-state index is 11.3. The lowest BCUT2D eigenvalue weighted by Crippen LogP contribution is -2.33. The number of benzene rings is 1. The molecule has 0 aromatic heterocycles. The van der Waals surface area contributed by atoms with Crippen LogP contribution in [0, 0.1) is 0 Å². The summed E-state index contributed by atoms with van der Waals surface area (Å²) in [5, 5.41) is 9.25. The summed E-state index contributed by atoms with van der Waals surface area (Å²) >= 11 is 0. The summed E-state index contributed by atoms with van der Waals surface area (Å²) < 4.78 is 5.01. The monoisotopic (exact) mass is 251 g/mol. The third-order valence-electron chi connectivity index (χ3n) is 2.61. The Balaban J connectivity index is 3.02. The molecule has 0 bridgehead atoms. The molecule has 0 aliphatic carbocycles. The van der Waals surface area contributed by atoms with Crippen LogP contribution in [0.3, 0.4) is 0 Å². The summed E-state index contributed by atoms with van der Waals surface area (Å²) in [6.07, 6.45) is 1.28. The van der Waals surface area contributed by atoms with Crippen molar-refractivity contribution in [3.8, 4) is 5.75 Å². The lowest BCUT2D eigenvalue weighted by Gasteiger charge is -2.24. The van der Waals surface area contributed by atoms with Crippen molar-refractivity contribution in [3.05, 3.63) is 29.8 Å². The molecule has 1 amide bonds. The van der Waals surface area contributed by atoms with Gasteiger partial charge in [0.1, 0.15) is 5.75 Å². The van der Waals surface area contributed by atoms with Crippen LogP contribution < -0.4 is 4.74 Å². The summed E-state index contributed by atoms with van der Waals surface area (Å²) in [4.78, 5) is 23.6. The highest BCUT2D eigenvalue weighted by Crippen LogP contribution is 2.22. The summed E-state index contributed by atoms with van der Waals surface area (Å²) in [5.41, 5.74) is 0.559. The first kappa shape index (κ1) is 14.0. The van der Waals surface area contributed by atoms with Crippen molar-refractivity contribution in [2.24, 2.45) is 0 Å². The molecule has 5 nitrogen and oxygen atoms in total. The largest absolute Gasteiger partial charge is 0.497 e. The molecule has 0 spiro atoms. The highest BCUT2D eigenvalue weighted by atomic mass is 16.5. The zero-order valence-electron chi connectivity index (χ0n) is 10.5. The first-order chi connectivity index (χ1) is 8.63. The summed E-state index contributed by atoms with van der Waals surface area (Å²) in [5.74, 6) is -0.392. The van der Waals surface area contributed by atoms with E-state index in [9.17, 15) is 14.7 Å². The van der Waals surface area contributed by atoms with E-state index in [1.54, 1.807) is 31.4 Å². The van der Waals surface area contributed by atoms with E-state index in [4.69, 9.17) is 4.74 Å². The highest BCUT2D eigenvalue weighted by molar-refractivity contribution is 5.78. The highest BCUT2D eigenvalue weighted by Gasteiger charge is 2.25. The fourth-order valence-electron chi connectivity index (χ4n) is 1.76. The van der Waals surface area contributed by atoms with Crippen LogP contribution in [0.2, 0.25) is 0 Å². The topological polar surface area (TPSA) is 66.8 Å². The van der Waals surface area contributed by atoms with Gasteiger partial charge in [0.2, 0.25) is 6.41 Å². The molecule has 1 aromatic rings. The van der Waals surface area contributed by atoms with E-state index in [1.807, 2.05) is 6.92 Å². The maximum Gasteiger partial charge on any atom is 0.331 e. The van der Waals surface area contributed by atoms with Gasteiger partial charge in [-0.25, -0.2) is 4.79 Å². The van der Waals surface area contributed by atoms with Gasteiger partial charge in [-0.2, -0.15) is 0 Å². The molecule has 5 heteroatoms. The number of amides is 1. The Morgan fingerprint density at radius 3 is 2.44 bits per heavy atom. The minimum Gasteiger partial charge on any atom is -0.497 e. The predicted octanol–water partition coefficient (Wildman–Crippen LogP) is 1.69. The van der Waals surface area contributed by atoms with E-state index >= 15 is 0 Å². The third-order valence-corrected chi connectivity index (χ3v) is 2.61. The van der Waals surface area contributed by atoms with Crippen LogP contribution in [0.4, 0.5) is 0 Å². The summed E-state index contributed by atoms with van der Waals surface area (Å²) in [6, 6.07) is 5.72. The van der Waals surface area contributed by atoms with Crippen molar-refractivity contribution in [1.29, 1.82) is 0 Å². The number of carboxylic acids is 1. The molecule has 0 saturated carbocycles. The van der Waals surface area contributed by atoms with E-state index in [-0.39, 0.29) is 0 Å². The number of hydrogen-bond donors (Lipinski definition) is 1. The molecule has 1 aromatic carbocycles. The molecular weight excluding hydrogens is 234 g/mol. The van der Waals surface area contributed by atoms with Crippen LogP contribution in [0.5, 0.6) is 5.75 Å². The van der Waals surface area contributed by atoms with Gasteiger partial charge in [0.05, 0.1) is 7.11 Å². The minimum absolute atomic E-state index is 0.409. The van der Waals surface area contributed by atoms with Gasteiger partial charge in [-0.3, -0.25) is 4.79 Å². The Hall–Kier alpha value is -2.04. The maximum absolute atomic E-state index is 11.3. The number of carbonyl (C=O) groups is 2. The second-order valence-electron chi connectivity index (χ2n) is 3.86. The van der Waals surface area contributed by atoms with Gasteiger partial charge in [0.15, 0.2) is 6.04 Å². The van der Waals surface area contributed by atoms with Crippen LogP contribution in [0.1, 0.15) is 24.9 Å². The zero-order valence-corrected chi connectivity index (χ0v) is 10.5. The molecule has 0 saturated heterocycles. The average molecular weight is 251 g/mol. The Labute approximate surface area is 106 Å². The second kappa shape index (κ2) is 6.64. The number of aliphatic carboxylic acids is 1. The third kappa shape index (κ3) is 3.23. The zero-order chi connectivity index (χ0) is 13.5. The van der Waals surface area contributed by atoms with Crippen molar-refractivity contribution >= 4 is 12.4 Å². The first-order valence-corrected chi connectivity index (χ1v) is 5.71. The lowest BCUT2D eigenvalue weighted by molar-refractivity contribution is -0.146. The van der Waals surface area contributed by atoms with Crippen LogP contribution in [0.15, 0.2) is 24.3 Å². The average Bonchev–Trinajstić information content (AvgIpc) is 2.38. The second-order valence-corrected chi connectivity index (χ2v) is 3.86. The van der Waals surface area contributed by atoms with Crippen molar-refractivity contribution in [3.63, 3.8) is 0 Å². The van der Waals surface area contributed by atoms with Gasteiger partial charge < -0.3 is 14.7 Å². The SMILES string of the molecule is CCCN(C=O)C(C(=O)O)c1ccc(OC)cc1. The van der Waals surface area contributed by atoms with E-state index in [0.29, 0.717) is 30.7 Å². The van der Waals surface area contributed by atoms with Crippen LogP contribution in [-0.4, -0.2) is 36.0 Å². The van der Waals surface area contributed by atoms with E-state index in [2.05, 4.69) is 0 Å². The minimum atomic E-state index is -1.04. The lowest BCUT2D eigenvalue weighted by atomic mass is 10.1. The van der Waals surface area contributed by atoms with Crippen LogP contribution in [0.25, 0.3) is 0 Å². The first-order valence-electron chi connectivity index (χ1n) is 5.71. The molecule has 1 N–H and O–H groups in total. The quantitative estimate of drug-likeness (QED) is 0.749. The molecular formula is C13H17NO4. The van der Waals surface area contributed by atoms with Gasteiger partial charge >= 0.3 is 5.97 Å². The van der Waals surface area contributed by atoms with Crippen LogP contribution in [-0.2, 0) is 9.59 Å². The van der Waals surface area contributed by atoms with E-state index < -0.39 is 12.0 Å². The molecule has 1 unspecified atom stereocenters. The van der Waals surface area contributed by atoms with Crippen molar-refractivity contribution < 1.29 is 19.4 Å². The fraction of sp³-hybridized carbons (Fsp3) is 0.385. The molecule has 0 aliphatic heterocycles. The number of methoxy groups -OCH3 is 1. The molecule has 0 fully saturated rings. The molecule has 18 heavy (non-hydrogen) atoms. The summed E-state index contributed by atoms with van der Waals surface area (Å²) in [6.45, 7) is 2.30. The van der Waals surface area contributed by atoms with Gasteiger partial charge in [-0.05, 0) is 24.1 Å². The fourth-order valence-corrected chi connectivity index (χ4v) is 1.76. The smallest absolute Gasteiger partial charge is 0.331 e. The van der Waals surface area contributed by atoms with Gasteiger partial charge in [-0.15, -0.1) is 0 Å². The molecule has 0 radical (unpaired) electrons. The number of hydrogen-bond acceptors (Lipinski definition) is 3. The van der Waals surface area contributed by atoms with Crippen molar-refractivity contribution in [1.82, 2.24) is 4.90 Å². The Morgan fingerprint density at radius 1 is 1.44 bits per heavy atom. The standard InChI is InChI=1S/C13H17NO4/c1-3-8-14(9-15)12(13(16)17)10-4-6-11(18-2)7-5-10/h4-7,9,12H,3,8H2,1-2H3,(H,16,17). The van der Waals surface area contributed by atoms with E-state index in [0.717, 1.165) is 0 Å². The number of nitrogens with zero attached hydrogens (tertiary/aromatic N) is 1. The molecule has 98 valence electrons. The van der Waals surface area contributed by atoms with Crippen molar-refractivity contribution in [2.75, 3.05) is 13.7 Å². The molecule has 0 aliphatic rings. The number of rotatable bonds is 7. The van der Waals surface area contributed by atoms with Gasteiger partial charge in [-0.1, -0.05) is 19.1 Å².